The molecule has 0 fully saturated rings. The van der Waals surface area contributed by atoms with Gasteiger partial charge in [0, 0.05) is 6.42 Å². The fourth-order valence-electron chi connectivity index (χ4n) is 0.944. The van der Waals surface area contributed by atoms with Crippen molar-refractivity contribution in [3.63, 3.8) is 0 Å². The standard InChI is InChI=1S/C10H13NO3/c11-9(10(12)13)6-7-14-8-4-2-1-3-5-8/h1-5,9H,6-7,11H2,(H,12,13). The number of para-hydroxylation sites is 1. The maximum Gasteiger partial charge on any atom is 0.320 e. The van der Waals surface area contributed by atoms with Crippen LogP contribution < -0.4 is 10.5 Å². The van der Waals surface area contributed by atoms with Crippen molar-refractivity contribution >= 4 is 5.97 Å². The van der Waals surface area contributed by atoms with Gasteiger partial charge in [-0.3, -0.25) is 4.79 Å². The largest absolute Gasteiger partial charge is 0.494 e. The molecule has 1 atom stereocenters. The molecule has 0 saturated heterocycles. The summed E-state index contributed by atoms with van der Waals surface area (Å²) in [7, 11) is 0. The third-order valence-electron chi connectivity index (χ3n) is 1.76. The van der Waals surface area contributed by atoms with Gasteiger partial charge in [-0.1, -0.05) is 18.2 Å². The molecule has 1 unspecified atom stereocenters. The molecule has 0 aliphatic rings. The average Bonchev–Trinajstić information content (AvgIpc) is 2.19. The SMILES string of the molecule is NC(CCOc1ccccc1)C(=O)O. The molecule has 0 aromatic heterocycles. The van der Waals surface area contributed by atoms with Crippen LogP contribution in [-0.4, -0.2) is 23.7 Å². The fraction of sp³-hybridized carbons (Fsp3) is 0.300. The Morgan fingerprint density at radius 3 is 2.64 bits per heavy atom. The number of hydrogen-bond acceptors (Lipinski definition) is 3. The van der Waals surface area contributed by atoms with E-state index in [1.165, 1.54) is 0 Å². The van der Waals surface area contributed by atoms with Crippen LogP contribution in [0.1, 0.15) is 6.42 Å². The summed E-state index contributed by atoms with van der Waals surface area (Å²) in [5, 5.41) is 8.50. The zero-order chi connectivity index (χ0) is 10.4. The summed E-state index contributed by atoms with van der Waals surface area (Å²) in [6.45, 7) is 0.317. The Morgan fingerprint density at radius 1 is 1.43 bits per heavy atom. The monoisotopic (exact) mass is 195 g/mol. The van der Waals surface area contributed by atoms with Crippen molar-refractivity contribution in [3.05, 3.63) is 30.3 Å². The van der Waals surface area contributed by atoms with Gasteiger partial charge in [-0.25, -0.2) is 0 Å². The van der Waals surface area contributed by atoms with Crippen LogP contribution in [0.4, 0.5) is 0 Å². The molecule has 0 aliphatic carbocycles. The third kappa shape index (κ3) is 3.45. The summed E-state index contributed by atoms with van der Waals surface area (Å²) in [5.74, 6) is -0.272. The molecule has 76 valence electrons. The van der Waals surface area contributed by atoms with Crippen LogP contribution in [-0.2, 0) is 4.79 Å². The Hall–Kier alpha value is -1.55. The third-order valence-corrected chi connectivity index (χ3v) is 1.76. The molecule has 14 heavy (non-hydrogen) atoms. The van der Waals surface area contributed by atoms with E-state index in [-0.39, 0.29) is 0 Å². The van der Waals surface area contributed by atoms with E-state index < -0.39 is 12.0 Å². The normalized spacial score (nSPS) is 12.1. The predicted molar refractivity (Wildman–Crippen MR) is 52.2 cm³/mol. The number of nitrogens with two attached hydrogens (primary N) is 1. The number of aliphatic carboxylic acids is 1. The Balaban J connectivity index is 2.26. The van der Waals surface area contributed by atoms with Crippen LogP contribution in [0.15, 0.2) is 30.3 Å². The van der Waals surface area contributed by atoms with Crippen LogP contribution >= 0.6 is 0 Å². The van der Waals surface area contributed by atoms with E-state index >= 15 is 0 Å². The molecule has 4 heteroatoms. The number of ether oxygens (including phenoxy) is 1. The number of carboxylic acids is 1. The van der Waals surface area contributed by atoms with E-state index in [9.17, 15) is 4.79 Å². The minimum atomic E-state index is -0.998. The minimum absolute atomic E-state index is 0.310. The number of rotatable bonds is 5. The van der Waals surface area contributed by atoms with Gasteiger partial charge in [-0.15, -0.1) is 0 Å². The van der Waals surface area contributed by atoms with Crippen LogP contribution in [0.2, 0.25) is 0 Å². The predicted octanol–water partition coefficient (Wildman–Crippen LogP) is 0.867. The molecule has 0 spiro atoms. The Kier molecular flexibility index (Phi) is 3.94. The first-order chi connectivity index (χ1) is 6.70. The van der Waals surface area contributed by atoms with Gasteiger partial charge < -0.3 is 15.6 Å². The molecule has 0 heterocycles. The van der Waals surface area contributed by atoms with E-state index in [1.807, 2.05) is 30.3 Å². The average molecular weight is 195 g/mol. The second-order valence-corrected chi connectivity index (χ2v) is 2.89. The van der Waals surface area contributed by atoms with E-state index in [0.717, 1.165) is 5.75 Å². The molecule has 1 aromatic rings. The second-order valence-electron chi connectivity index (χ2n) is 2.89. The molecule has 0 aliphatic heterocycles. The zero-order valence-electron chi connectivity index (χ0n) is 7.72. The van der Waals surface area contributed by atoms with Gasteiger partial charge >= 0.3 is 5.97 Å². The van der Waals surface area contributed by atoms with Crippen molar-refractivity contribution in [2.75, 3.05) is 6.61 Å². The van der Waals surface area contributed by atoms with Crippen LogP contribution in [0.5, 0.6) is 5.75 Å². The zero-order valence-corrected chi connectivity index (χ0v) is 7.72. The van der Waals surface area contributed by atoms with Gasteiger partial charge in [-0.05, 0) is 12.1 Å². The molecule has 1 rings (SSSR count). The topological polar surface area (TPSA) is 72.5 Å². The highest BCUT2D eigenvalue weighted by Crippen LogP contribution is 2.08. The molecule has 0 amide bonds. The first-order valence-electron chi connectivity index (χ1n) is 4.36. The number of hydrogen-bond donors (Lipinski definition) is 2. The molecular formula is C10H13NO3. The Labute approximate surface area is 82.3 Å². The van der Waals surface area contributed by atoms with Crippen molar-refractivity contribution in [1.82, 2.24) is 0 Å². The smallest absolute Gasteiger partial charge is 0.320 e. The number of benzene rings is 1. The lowest BCUT2D eigenvalue weighted by Gasteiger charge is -2.08. The highest BCUT2D eigenvalue weighted by molar-refractivity contribution is 5.72. The molecule has 0 saturated carbocycles. The first kappa shape index (κ1) is 10.5. The maximum absolute atomic E-state index is 10.4. The summed E-state index contributed by atoms with van der Waals surface area (Å²) in [6.07, 6.45) is 0.310. The summed E-state index contributed by atoms with van der Waals surface area (Å²) in [4.78, 5) is 10.4. The lowest BCUT2D eigenvalue weighted by Crippen LogP contribution is -2.31. The van der Waals surface area contributed by atoms with Gasteiger partial charge in [0.25, 0.3) is 0 Å². The number of carbonyl (C=O) groups is 1. The Morgan fingerprint density at radius 2 is 2.07 bits per heavy atom. The van der Waals surface area contributed by atoms with E-state index in [0.29, 0.717) is 13.0 Å². The van der Waals surface area contributed by atoms with Crippen LogP contribution in [0.3, 0.4) is 0 Å². The van der Waals surface area contributed by atoms with Crippen molar-refractivity contribution in [3.8, 4) is 5.75 Å². The molecule has 3 N–H and O–H groups in total. The van der Waals surface area contributed by atoms with E-state index in [1.54, 1.807) is 0 Å². The van der Waals surface area contributed by atoms with Gasteiger partial charge in [0.15, 0.2) is 0 Å². The Bertz CT molecular complexity index is 287. The maximum atomic E-state index is 10.4. The highest BCUT2D eigenvalue weighted by atomic mass is 16.5. The summed E-state index contributed by atoms with van der Waals surface area (Å²) in [6, 6.07) is 8.37. The highest BCUT2D eigenvalue weighted by Gasteiger charge is 2.10. The van der Waals surface area contributed by atoms with E-state index in [4.69, 9.17) is 15.6 Å². The summed E-state index contributed by atoms with van der Waals surface area (Å²) in [5.41, 5.74) is 5.30. The molecular weight excluding hydrogens is 182 g/mol. The van der Waals surface area contributed by atoms with Gasteiger partial charge in [-0.2, -0.15) is 0 Å². The van der Waals surface area contributed by atoms with Gasteiger partial charge in [0.05, 0.1) is 6.61 Å². The molecule has 0 bridgehead atoms. The van der Waals surface area contributed by atoms with E-state index in [2.05, 4.69) is 0 Å². The summed E-state index contributed by atoms with van der Waals surface area (Å²) >= 11 is 0. The van der Waals surface area contributed by atoms with Crippen molar-refractivity contribution in [2.45, 2.75) is 12.5 Å². The first-order valence-corrected chi connectivity index (χ1v) is 4.36. The van der Waals surface area contributed by atoms with Crippen molar-refractivity contribution in [1.29, 1.82) is 0 Å². The number of carboxylic acid groups (broad SMARTS) is 1. The second kappa shape index (κ2) is 5.24. The lowest BCUT2D eigenvalue weighted by atomic mass is 10.2. The fourth-order valence-corrected chi connectivity index (χ4v) is 0.944. The van der Waals surface area contributed by atoms with Gasteiger partial charge in [0.2, 0.25) is 0 Å². The molecule has 1 aromatic carbocycles. The van der Waals surface area contributed by atoms with Crippen LogP contribution in [0.25, 0.3) is 0 Å². The molecule has 0 radical (unpaired) electrons. The lowest BCUT2D eigenvalue weighted by molar-refractivity contribution is -0.138. The quantitative estimate of drug-likeness (QED) is 0.731. The van der Waals surface area contributed by atoms with Crippen LogP contribution in [0, 0.1) is 0 Å². The molecule has 4 nitrogen and oxygen atoms in total. The van der Waals surface area contributed by atoms with Crippen molar-refractivity contribution in [2.24, 2.45) is 5.73 Å². The van der Waals surface area contributed by atoms with Gasteiger partial charge in [0.1, 0.15) is 11.8 Å². The van der Waals surface area contributed by atoms with Crippen molar-refractivity contribution < 1.29 is 14.6 Å². The summed E-state index contributed by atoms with van der Waals surface area (Å²) < 4.78 is 5.28. The minimum Gasteiger partial charge on any atom is -0.494 e.